The van der Waals surface area contributed by atoms with Crippen molar-refractivity contribution in [1.29, 1.82) is 0 Å². The molecule has 0 aliphatic heterocycles. The van der Waals surface area contributed by atoms with Crippen molar-refractivity contribution in [3.8, 4) is 5.75 Å². The minimum atomic E-state index is 0.0707. The fourth-order valence-electron chi connectivity index (χ4n) is 3.13. The Kier molecular flexibility index (Phi) is 6.43. The van der Waals surface area contributed by atoms with Gasteiger partial charge in [0.05, 0.1) is 18.8 Å². The summed E-state index contributed by atoms with van der Waals surface area (Å²) in [5.41, 5.74) is 1.25. The zero-order valence-electron chi connectivity index (χ0n) is 13.7. The van der Waals surface area contributed by atoms with E-state index in [4.69, 9.17) is 4.74 Å². The third-order valence-corrected chi connectivity index (χ3v) is 4.32. The SMILES string of the molecule is CCOc1cncc(C(NC)C(CC)(CC)N(C)C)c1. The van der Waals surface area contributed by atoms with Gasteiger partial charge in [0.2, 0.25) is 0 Å². The lowest BCUT2D eigenvalue weighted by Gasteiger charge is -2.45. The first kappa shape index (κ1) is 16.9. The topological polar surface area (TPSA) is 37.4 Å². The Morgan fingerprint density at radius 3 is 2.35 bits per heavy atom. The van der Waals surface area contributed by atoms with Crippen LogP contribution in [0.1, 0.15) is 45.2 Å². The number of hydrogen-bond acceptors (Lipinski definition) is 4. The first-order chi connectivity index (χ1) is 9.55. The van der Waals surface area contributed by atoms with Gasteiger partial charge < -0.3 is 15.0 Å². The van der Waals surface area contributed by atoms with Gasteiger partial charge in [0, 0.05) is 11.7 Å². The van der Waals surface area contributed by atoms with E-state index >= 15 is 0 Å². The zero-order chi connectivity index (χ0) is 15.2. The molecule has 0 spiro atoms. The highest BCUT2D eigenvalue weighted by atomic mass is 16.5. The molecular weight excluding hydrogens is 250 g/mol. The van der Waals surface area contributed by atoms with Crippen LogP contribution in [0.2, 0.25) is 0 Å². The van der Waals surface area contributed by atoms with Crippen LogP contribution >= 0.6 is 0 Å². The van der Waals surface area contributed by atoms with Crippen molar-refractivity contribution in [2.24, 2.45) is 0 Å². The van der Waals surface area contributed by atoms with Crippen LogP contribution < -0.4 is 10.1 Å². The van der Waals surface area contributed by atoms with Gasteiger partial charge in [-0.1, -0.05) is 13.8 Å². The first-order valence-corrected chi connectivity index (χ1v) is 7.48. The maximum Gasteiger partial charge on any atom is 0.137 e. The van der Waals surface area contributed by atoms with Crippen molar-refractivity contribution >= 4 is 0 Å². The fourth-order valence-corrected chi connectivity index (χ4v) is 3.13. The van der Waals surface area contributed by atoms with Gasteiger partial charge in [-0.25, -0.2) is 0 Å². The van der Waals surface area contributed by atoms with E-state index in [9.17, 15) is 0 Å². The largest absolute Gasteiger partial charge is 0.492 e. The Hall–Kier alpha value is -1.13. The Morgan fingerprint density at radius 2 is 1.90 bits per heavy atom. The van der Waals surface area contributed by atoms with Crippen LogP contribution in [0.25, 0.3) is 0 Å². The van der Waals surface area contributed by atoms with E-state index in [0.717, 1.165) is 18.6 Å². The van der Waals surface area contributed by atoms with E-state index < -0.39 is 0 Å². The molecule has 1 N–H and O–H groups in total. The van der Waals surface area contributed by atoms with Gasteiger partial charge in [-0.15, -0.1) is 0 Å². The molecule has 0 saturated carbocycles. The maximum atomic E-state index is 5.58. The molecule has 1 rings (SSSR count). The molecule has 0 aromatic carbocycles. The molecule has 114 valence electrons. The fraction of sp³-hybridized carbons (Fsp3) is 0.688. The average molecular weight is 279 g/mol. The molecule has 1 aromatic heterocycles. The summed E-state index contributed by atoms with van der Waals surface area (Å²) in [4.78, 5) is 6.65. The zero-order valence-corrected chi connectivity index (χ0v) is 13.7. The van der Waals surface area contributed by atoms with Crippen molar-refractivity contribution in [3.05, 3.63) is 24.0 Å². The summed E-state index contributed by atoms with van der Waals surface area (Å²) < 4.78 is 5.58. The molecule has 20 heavy (non-hydrogen) atoms. The summed E-state index contributed by atoms with van der Waals surface area (Å²) in [6.45, 7) is 7.14. The number of nitrogens with zero attached hydrogens (tertiary/aromatic N) is 2. The number of aromatic nitrogens is 1. The third kappa shape index (κ3) is 3.30. The Morgan fingerprint density at radius 1 is 1.25 bits per heavy atom. The molecule has 1 aromatic rings. The van der Waals surface area contributed by atoms with Gasteiger partial charge in [0.1, 0.15) is 5.75 Å². The summed E-state index contributed by atoms with van der Waals surface area (Å²) >= 11 is 0. The predicted octanol–water partition coefficient (Wildman–Crippen LogP) is 2.86. The molecule has 0 radical (unpaired) electrons. The number of ether oxygens (including phenoxy) is 1. The highest BCUT2D eigenvalue weighted by molar-refractivity contribution is 5.28. The van der Waals surface area contributed by atoms with E-state index in [2.05, 4.69) is 49.2 Å². The number of rotatable bonds is 8. The number of pyridine rings is 1. The minimum Gasteiger partial charge on any atom is -0.492 e. The quantitative estimate of drug-likeness (QED) is 0.794. The molecule has 4 heteroatoms. The van der Waals surface area contributed by atoms with E-state index in [-0.39, 0.29) is 11.6 Å². The van der Waals surface area contributed by atoms with E-state index in [0.29, 0.717) is 6.61 Å². The number of likely N-dealkylation sites (N-methyl/N-ethyl adjacent to an activating group) is 2. The second kappa shape index (κ2) is 7.60. The molecule has 0 saturated heterocycles. The van der Waals surface area contributed by atoms with E-state index in [1.807, 2.05) is 20.2 Å². The summed E-state index contributed by atoms with van der Waals surface area (Å²) in [7, 11) is 6.32. The van der Waals surface area contributed by atoms with Crippen molar-refractivity contribution < 1.29 is 4.74 Å². The lowest BCUT2D eigenvalue weighted by Crippen LogP contribution is -2.52. The molecule has 0 fully saturated rings. The molecule has 1 atom stereocenters. The van der Waals surface area contributed by atoms with Crippen LogP contribution in [-0.2, 0) is 0 Å². The summed E-state index contributed by atoms with van der Waals surface area (Å²) in [6.07, 6.45) is 5.85. The van der Waals surface area contributed by atoms with Gasteiger partial charge >= 0.3 is 0 Å². The van der Waals surface area contributed by atoms with Crippen LogP contribution in [0.4, 0.5) is 0 Å². The molecule has 0 amide bonds. The van der Waals surface area contributed by atoms with Crippen LogP contribution in [0.3, 0.4) is 0 Å². The smallest absolute Gasteiger partial charge is 0.137 e. The summed E-state index contributed by atoms with van der Waals surface area (Å²) in [5.74, 6) is 0.838. The standard InChI is InChI=1S/C16H29N3O/c1-7-16(8-2,19(5)6)15(17-4)13-10-14(20-9-3)12-18-11-13/h10-12,15,17H,7-9H2,1-6H3. The van der Waals surface area contributed by atoms with E-state index in [1.165, 1.54) is 5.56 Å². The van der Waals surface area contributed by atoms with Crippen LogP contribution in [0, 0.1) is 0 Å². The van der Waals surface area contributed by atoms with Gasteiger partial charge in [0.25, 0.3) is 0 Å². The average Bonchev–Trinajstić information content (AvgIpc) is 2.45. The molecule has 0 bridgehead atoms. The first-order valence-electron chi connectivity index (χ1n) is 7.48. The van der Waals surface area contributed by atoms with Crippen molar-refractivity contribution in [1.82, 2.24) is 15.2 Å². The highest BCUT2D eigenvalue weighted by Crippen LogP contribution is 2.36. The Labute approximate surface area is 123 Å². The van der Waals surface area contributed by atoms with Crippen molar-refractivity contribution in [2.45, 2.75) is 45.2 Å². The lowest BCUT2D eigenvalue weighted by atomic mass is 9.80. The number of hydrogen-bond donors (Lipinski definition) is 1. The molecule has 0 aliphatic rings. The molecule has 1 heterocycles. The van der Waals surface area contributed by atoms with Gasteiger partial charge in [0.15, 0.2) is 0 Å². The molecular formula is C16H29N3O. The minimum absolute atomic E-state index is 0.0707. The van der Waals surface area contributed by atoms with Crippen LogP contribution in [0.5, 0.6) is 5.75 Å². The highest BCUT2D eigenvalue weighted by Gasteiger charge is 2.38. The molecule has 0 aliphatic carbocycles. The second-order valence-corrected chi connectivity index (χ2v) is 5.31. The number of nitrogens with one attached hydrogen (secondary N) is 1. The van der Waals surface area contributed by atoms with Gasteiger partial charge in [-0.2, -0.15) is 0 Å². The van der Waals surface area contributed by atoms with Crippen LogP contribution in [-0.4, -0.2) is 43.2 Å². The van der Waals surface area contributed by atoms with Crippen molar-refractivity contribution in [3.63, 3.8) is 0 Å². The Bertz CT molecular complexity index is 402. The van der Waals surface area contributed by atoms with Gasteiger partial charge in [-0.3, -0.25) is 4.98 Å². The second-order valence-electron chi connectivity index (χ2n) is 5.31. The Balaban J connectivity index is 3.19. The normalized spacial score (nSPS) is 13.6. The summed E-state index contributed by atoms with van der Waals surface area (Å²) in [6, 6.07) is 2.32. The monoisotopic (exact) mass is 279 g/mol. The summed E-state index contributed by atoms with van der Waals surface area (Å²) in [5, 5.41) is 3.47. The van der Waals surface area contributed by atoms with E-state index in [1.54, 1.807) is 6.20 Å². The van der Waals surface area contributed by atoms with Crippen LogP contribution in [0.15, 0.2) is 18.5 Å². The molecule has 4 nitrogen and oxygen atoms in total. The van der Waals surface area contributed by atoms with Crippen molar-refractivity contribution in [2.75, 3.05) is 27.7 Å². The third-order valence-electron chi connectivity index (χ3n) is 4.32. The maximum absolute atomic E-state index is 5.58. The predicted molar refractivity (Wildman–Crippen MR) is 84.2 cm³/mol. The van der Waals surface area contributed by atoms with Gasteiger partial charge in [-0.05, 0) is 52.5 Å². The molecule has 1 unspecified atom stereocenters. The lowest BCUT2D eigenvalue weighted by molar-refractivity contribution is 0.0915.